The van der Waals surface area contributed by atoms with Gasteiger partial charge in [0.15, 0.2) is 0 Å². The highest BCUT2D eigenvalue weighted by Gasteiger charge is 2.27. The molecule has 2 aliphatic heterocycles. The molecule has 1 N–H and O–H groups in total. The molecule has 1 atom stereocenters. The number of aliphatic hydroxyl groups excluding tert-OH is 1. The van der Waals surface area contributed by atoms with Gasteiger partial charge in [-0.3, -0.25) is 4.79 Å². The van der Waals surface area contributed by atoms with Crippen LogP contribution in [-0.2, 0) is 17.8 Å². The van der Waals surface area contributed by atoms with Crippen molar-refractivity contribution in [2.45, 2.75) is 38.3 Å². The lowest BCUT2D eigenvalue weighted by molar-refractivity contribution is -0.132. The summed E-state index contributed by atoms with van der Waals surface area (Å²) < 4.78 is 0. The third kappa shape index (κ3) is 4.42. The van der Waals surface area contributed by atoms with Gasteiger partial charge < -0.3 is 14.9 Å². The molecule has 27 heavy (non-hydrogen) atoms. The van der Waals surface area contributed by atoms with Crippen LogP contribution in [0.5, 0.6) is 0 Å². The van der Waals surface area contributed by atoms with Gasteiger partial charge in [0.25, 0.3) is 0 Å². The third-order valence-electron chi connectivity index (χ3n) is 6.04. The van der Waals surface area contributed by atoms with Gasteiger partial charge in [0.1, 0.15) is 0 Å². The summed E-state index contributed by atoms with van der Waals surface area (Å²) in [4.78, 5) is 18.1. The molecule has 0 spiro atoms. The number of carbonyl (C=O) groups excluding carboxylic acids is 1. The van der Waals surface area contributed by atoms with Crippen molar-refractivity contribution in [3.8, 4) is 0 Å². The number of aliphatic hydroxyl groups is 1. The van der Waals surface area contributed by atoms with Crippen molar-refractivity contribution in [1.29, 1.82) is 0 Å². The first-order valence-electron chi connectivity index (χ1n) is 9.99. The summed E-state index contributed by atoms with van der Waals surface area (Å²) in [6.45, 7) is 4.38. The van der Waals surface area contributed by atoms with E-state index >= 15 is 0 Å². The predicted octanol–water partition coefficient (Wildman–Crippen LogP) is 3.47. The molecule has 0 aliphatic carbocycles. The molecule has 1 aromatic heterocycles. The van der Waals surface area contributed by atoms with Crippen molar-refractivity contribution < 1.29 is 9.90 Å². The highest BCUT2D eigenvalue weighted by Crippen LogP contribution is 2.33. The first-order chi connectivity index (χ1) is 13.2. The minimum atomic E-state index is -0.331. The molecular formula is C22H28N2O2S. The van der Waals surface area contributed by atoms with Crippen molar-refractivity contribution in [1.82, 2.24) is 9.80 Å². The van der Waals surface area contributed by atoms with E-state index in [-0.39, 0.29) is 12.0 Å². The highest BCUT2D eigenvalue weighted by molar-refractivity contribution is 7.10. The van der Waals surface area contributed by atoms with E-state index in [0.29, 0.717) is 12.3 Å². The zero-order chi connectivity index (χ0) is 18.6. The molecule has 4 rings (SSSR count). The summed E-state index contributed by atoms with van der Waals surface area (Å²) in [5.41, 5.74) is 2.67. The highest BCUT2D eigenvalue weighted by atomic mass is 32.1. The Morgan fingerprint density at radius 2 is 1.89 bits per heavy atom. The Morgan fingerprint density at radius 1 is 1.11 bits per heavy atom. The van der Waals surface area contributed by atoms with Crippen LogP contribution in [-0.4, -0.2) is 47.0 Å². The van der Waals surface area contributed by atoms with E-state index in [1.165, 1.54) is 11.1 Å². The average molecular weight is 385 g/mol. The molecule has 3 heterocycles. The van der Waals surface area contributed by atoms with E-state index in [0.717, 1.165) is 56.9 Å². The molecule has 2 aliphatic rings. The van der Waals surface area contributed by atoms with Crippen molar-refractivity contribution in [3.05, 3.63) is 57.8 Å². The smallest absolute Gasteiger partial charge is 0.224 e. The van der Waals surface area contributed by atoms with Crippen molar-refractivity contribution >= 4 is 17.2 Å². The second-order valence-corrected chi connectivity index (χ2v) is 8.70. The molecule has 1 unspecified atom stereocenters. The van der Waals surface area contributed by atoms with Gasteiger partial charge in [-0.1, -0.05) is 30.3 Å². The molecule has 0 radical (unpaired) electrons. The number of thiophene rings is 1. The number of fused-ring (bicyclic) bond motifs is 1. The lowest BCUT2D eigenvalue weighted by Gasteiger charge is -2.34. The van der Waals surface area contributed by atoms with E-state index < -0.39 is 0 Å². The molecule has 1 fully saturated rings. The van der Waals surface area contributed by atoms with Gasteiger partial charge in [0.05, 0.1) is 6.10 Å². The van der Waals surface area contributed by atoms with E-state index in [1.54, 1.807) is 11.3 Å². The second-order valence-electron chi connectivity index (χ2n) is 7.72. The van der Waals surface area contributed by atoms with Crippen molar-refractivity contribution in [2.24, 2.45) is 5.92 Å². The number of piperidine rings is 1. The van der Waals surface area contributed by atoms with Crippen LogP contribution in [0, 0.1) is 5.92 Å². The quantitative estimate of drug-likeness (QED) is 0.858. The summed E-state index contributed by atoms with van der Waals surface area (Å²) in [7, 11) is 0. The maximum Gasteiger partial charge on any atom is 0.224 e. The molecule has 5 heteroatoms. The molecular weight excluding hydrogens is 356 g/mol. The lowest BCUT2D eigenvalue weighted by Crippen LogP contribution is -2.40. The van der Waals surface area contributed by atoms with Crippen molar-refractivity contribution in [2.75, 3.05) is 26.2 Å². The van der Waals surface area contributed by atoms with Gasteiger partial charge in [-0.05, 0) is 60.8 Å². The Kier molecular flexibility index (Phi) is 5.91. The molecule has 0 bridgehead atoms. The Bertz CT molecular complexity index is 753. The molecule has 144 valence electrons. The Labute approximate surface area is 165 Å². The van der Waals surface area contributed by atoms with Crippen molar-refractivity contribution in [3.63, 3.8) is 0 Å². The maximum absolute atomic E-state index is 12.6. The van der Waals surface area contributed by atoms with Gasteiger partial charge in [-0.25, -0.2) is 0 Å². The Morgan fingerprint density at radius 3 is 2.63 bits per heavy atom. The summed E-state index contributed by atoms with van der Waals surface area (Å²) in [6.07, 6.45) is 3.24. The molecule has 1 saturated heterocycles. The van der Waals surface area contributed by atoms with Gasteiger partial charge in [0, 0.05) is 30.9 Å². The summed E-state index contributed by atoms with van der Waals surface area (Å²) in [5.74, 6) is 0.611. The summed E-state index contributed by atoms with van der Waals surface area (Å²) in [6, 6.07) is 12.5. The normalized spacial score (nSPS) is 19.7. The zero-order valence-electron chi connectivity index (χ0n) is 15.7. The van der Waals surface area contributed by atoms with E-state index in [1.807, 2.05) is 22.4 Å². The lowest BCUT2D eigenvalue weighted by atomic mass is 9.90. The van der Waals surface area contributed by atoms with Gasteiger partial charge in [-0.15, -0.1) is 11.3 Å². The van der Waals surface area contributed by atoms with E-state index in [2.05, 4.69) is 29.2 Å². The molecule has 1 aromatic carbocycles. The molecule has 0 saturated carbocycles. The Hall–Kier alpha value is -1.69. The minimum Gasteiger partial charge on any atom is -0.387 e. The van der Waals surface area contributed by atoms with E-state index in [4.69, 9.17) is 0 Å². The number of benzene rings is 1. The van der Waals surface area contributed by atoms with Crippen LogP contribution in [0.1, 0.15) is 41.4 Å². The van der Waals surface area contributed by atoms with Gasteiger partial charge in [-0.2, -0.15) is 0 Å². The maximum atomic E-state index is 12.6. The number of likely N-dealkylation sites (tertiary alicyclic amines) is 1. The number of amides is 1. The Balaban J connectivity index is 1.22. The number of carbonyl (C=O) groups is 1. The van der Waals surface area contributed by atoms with Crippen LogP contribution < -0.4 is 0 Å². The van der Waals surface area contributed by atoms with Crippen LogP contribution in [0.25, 0.3) is 0 Å². The molecule has 4 nitrogen and oxygen atoms in total. The number of nitrogens with zero attached hydrogens (tertiary/aromatic N) is 2. The monoisotopic (exact) mass is 384 g/mol. The SMILES string of the molecule is O=C(CCN1CCC(C(O)c2cccs2)CC1)N1CCc2ccccc2C1. The van der Waals surface area contributed by atoms with Crippen LogP contribution in [0.3, 0.4) is 0 Å². The van der Waals surface area contributed by atoms with Crippen LogP contribution in [0.4, 0.5) is 0 Å². The second kappa shape index (κ2) is 8.55. The molecule has 2 aromatic rings. The largest absolute Gasteiger partial charge is 0.387 e. The summed E-state index contributed by atoms with van der Waals surface area (Å²) in [5, 5.41) is 12.5. The summed E-state index contributed by atoms with van der Waals surface area (Å²) >= 11 is 1.64. The fourth-order valence-corrected chi connectivity index (χ4v) is 5.11. The van der Waals surface area contributed by atoms with Crippen LogP contribution in [0.15, 0.2) is 41.8 Å². The fraction of sp³-hybridized carbons (Fsp3) is 0.500. The topological polar surface area (TPSA) is 43.8 Å². The van der Waals surface area contributed by atoms with Crippen LogP contribution in [0.2, 0.25) is 0 Å². The first-order valence-corrected chi connectivity index (χ1v) is 10.9. The third-order valence-corrected chi connectivity index (χ3v) is 6.98. The standard InChI is InChI=1S/C22H28N2O2S/c25-21(24-14-9-17-4-1-2-5-19(17)16-24)10-13-23-11-7-18(8-12-23)22(26)20-6-3-15-27-20/h1-6,15,18,22,26H,7-14,16H2. The van der Waals surface area contributed by atoms with Crippen LogP contribution >= 0.6 is 11.3 Å². The number of hydrogen-bond acceptors (Lipinski definition) is 4. The zero-order valence-corrected chi connectivity index (χ0v) is 16.5. The van der Waals surface area contributed by atoms with Gasteiger partial charge >= 0.3 is 0 Å². The van der Waals surface area contributed by atoms with Gasteiger partial charge in [0.2, 0.25) is 5.91 Å². The molecule has 1 amide bonds. The number of rotatable bonds is 5. The average Bonchev–Trinajstić information content (AvgIpc) is 3.26. The number of hydrogen-bond donors (Lipinski definition) is 1. The first kappa shape index (κ1) is 18.7. The predicted molar refractivity (Wildman–Crippen MR) is 109 cm³/mol. The minimum absolute atomic E-state index is 0.269. The fourth-order valence-electron chi connectivity index (χ4n) is 4.30. The van der Waals surface area contributed by atoms with E-state index in [9.17, 15) is 9.90 Å².